The molecule has 0 radical (unpaired) electrons. The van der Waals surface area contributed by atoms with Crippen molar-refractivity contribution in [1.29, 1.82) is 0 Å². The fourth-order valence-electron chi connectivity index (χ4n) is 2.19. The average Bonchev–Trinajstić information content (AvgIpc) is 2.94. The summed E-state index contributed by atoms with van der Waals surface area (Å²) in [6.07, 6.45) is 3.25. The number of nitrogens with one attached hydrogen (secondary N) is 1. The molecule has 4 nitrogen and oxygen atoms in total. The highest BCUT2D eigenvalue weighted by Crippen LogP contribution is 2.32. The molecule has 0 bridgehead atoms. The normalized spacial score (nSPS) is 18.1. The molecule has 0 unspecified atom stereocenters. The van der Waals surface area contributed by atoms with Crippen molar-refractivity contribution in [2.45, 2.75) is 26.2 Å². The van der Waals surface area contributed by atoms with E-state index in [4.69, 9.17) is 4.42 Å². The Morgan fingerprint density at radius 2 is 2.42 bits per heavy atom. The molecule has 3 rings (SSSR count). The number of carbonyl (C=O) groups excluding carboxylic acids is 1. The molecule has 1 N–H and O–H groups in total. The van der Waals surface area contributed by atoms with Gasteiger partial charge >= 0.3 is 0 Å². The Hall–Kier alpha value is -1.14. The molecule has 0 saturated heterocycles. The van der Waals surface area contributed by atoms with Gasteiger partial charge < -0.3 is 4.42 Å². The highest BCUT2D eigenvalue weighted by Gasteiger charge is 2.21. The van der Waals surface area contributed by atoms with Crippen molar-refractivity contribution in [3.8, 4) is 0 Å². The number of anilines is 1. The number of hydrogen-bond donors (Lipinski definition) is 1. The van der Waals surface area contributed by atoms with E-state index in [2.05, 4.69) is 33.2 Å². The molecule has 100 valence electrons. The molecule has 6 heteroatoms. The van der Waals surface area contributed by atoms with Gasteiger partial charge in [-0.25, -0.2) is 4.98 Å². The second-order valence-electron chi connectivity index (χ2n) is 4.79. The van der Waals surface area contributed by atoms with Gasteiger partial charge in [0.25, 0.3) is 5.91 Å². The summed E-state index contributed by atoms with van der Waals surface area (Å²) < 4.78 is 5.76. The molecule has 1 atom stereocenters. The molecule has 2 aromatic rings. The number of aromatic nitrogens is 1. The number of fused-ring (bicyclic) bond motifs is 1. The van der Waals surface area contributed by atoms with Crippen molar-refractivity contribution < 1.29 is 9.21 Å². The van der Waals surface area contributed by atoms with E-state index in [1.165, 1.54) is 11.3 Å². The molecule has 2 heterocycles. The highest BCUT2D eigenvalue weighted by atomic mass is 79.9. The summed E-state index contributed by atoms with van der Waals surface area (Å²) in [4.78, 5) is 17.7. The largest absolute Gasteiger partial charge is 0.444 e. The molecule has 0 fully saturated rings. The van der Waals surface area contributed by atoms with Crippen LogP contribution in [0.2, 0.25) is 0 Å². The molecular formula is C13H13BrN2O2S. The van der Waals surface area contributed by atoms with Gasteiger partial charge in [0.05, 0.1) is 5.69 Å². The number of furan rings is 1. The van der Waals surface area contributed by atoms with Crippen molar-refractivity contribution >= 4 is 38.3 Å². The first-order valence-corrected chi connectivity index (χ1v) is 7.78. The van der Waals surface area contributed by atoms with Gasteiger partial charge in [0, 0.05) is 4.88 Å². The van der Waals surface area contributed by atoms with E-state index in [1.807, 2.05) is 0 Å². The number of thiazole rings is 1. The molecule has 0 aromatic carbocycles. The second kappa shape index (κ2) is 5.09. The molecule has 1 aliphatic carbocycles. The van der Waals surface area contributed by atoms with Crippen LogP contribution in [0.5, 0.6) is 0 Å². The minimum Gasteiger partial charge on any atom is -0.444 e. The fraction of sp³-hybridized carbons (Fsp3) is 0.385. The van der Waals surface area contributed by atoms with Crippen molar-refractivity contribution in [3.63, 3.8) is 0 Å². The van der Waals surface area contributed by atoms with E-state index < -0.39 is 0 Å². The van der Waals surface area contributed by atoms with Gasteiger partial charge in [0.15, 0.2) is 15.6 Å². The summed E-state index contributed by atoms with van der Waals surface area (Å²) >= 11 is 4.75. The van der Waals surface area contributed by atoms with Crippen molar-refractivity contribution in [3.05, 3.63) is 33.1 Å². The Kier molecular flexibility index (Phi) is 3.45. The lowest BCUT2D eigenvalue weighted by molar-refractivity contribution is 0.0995. The lowest BCUT2D eigenvalue weighted by Crippen LogP contribution is -2.11. The predicted molar refractivity (Wildman–Crippen MR) is 77.7 cm³/mol. The summed E-state index contributed by atoms with van der Waals surface area (Å²) in [5.41, 5.74) is 1.14. The fourth-order valence-corrected chi connectivity index (χ4v) is 3.66. The zero-order valence-corrected chi connectivity index (χ0v) is 12.8. The van der Waals surface area contributed by atoms with E-state index in [0.717, 1.165) is 18.5 Å². The number of aryl methyl sites for hydroxylation is 1. The molecule has 0 aliphatic heterocycles. The number of carbonyl (C=O) groups is 1. The van der Waals surface area contributed by atoms with Crippen LogP contribution in [0, 0.1) is 5.92 Å². The maximum Gasteiger partial charge on any atom is 0.293 e. The molecule has 2 aromatic heterocycles. The number of halogens is 1. The van der Waals surface area contributed by atoms with Crippen molar-refractivity contribution in [2.75, 3.05) is 5.32 Å². The Bertz CT molecular complexity index is 620. The minimum absolute atomic E-state index is 0.259. The van der Waals surface area contributed by atoms with Crippen LogP contribution in [0.1, 0.15) is 34.5 Å². The third kappa shape index (κ3) is 2.74. The van der Waals surface area contributed by atoms with Gasteiger partial charge in [0.1, 0.15) is 0 Å². The number of amides is 1. The van der Waals surface area contributed by atoms with E-state index in [0.29, 0.717) is 15.7 Å². The van der Waals surface area contributed by atoms with Crippen LogP contribution in [-0.4, -0.2) is 10.9 Å². The Balaban J connectivity index is 1.75. The van der Waals surface area contributed by atoms with E-state index in [-0.39, 0.29) is 11.7 Å². The minimum atomic E-state index is -0.259. The van der Waals surface area contributed by atoms with Crippen LogP contribution < -0.4 is 5.32 Å². The highest BCUT2D eigenvalue weighted by molar-refractivity contribution is 9.10. The van der Waals surface area contributed by atoms with Crippen LogP contribution in [-0.2, 0) is 12.8 Å². The predicted octanol–water partition coefficient (Wildman–Crippen LogP) is 3.88. The van der Waals surface area contributed by atoms with Crippen LogP contribution in [0.25, 0.3) is 0 Å². The first kappa shape index (κ1) is 12.9. The SMILES string of the molecule is C[C@@H]1CCc2nc(NC(=O)c3ccc(Br)o3)sc2C1. The number of rotatable bonds is 2. The molecule has 0 saturated carbocycles. The molecule has 1 aliphatic rings. The third-order valence-corrected chi connectivity index (χ3v) is 4.67. The third-order valence-electron chi connectivity index (χ3n) is 3.20. The molecule has 1 amide bonds. The Morgan fingerprint density at radius 3 is 3.16 bits per heavy atom. The van der Waals surface area contributed by atoms with Gasteiger partial charge in [0.2, 0.25) is 0 Å². The number of nitrogens with zero attached hydrogens (tertiary/aromatic N) is 1. The zero-order valence-electron chi connectivity index (χ0n) is 10.4. The molecule has 0 spiro atoms. The van der Waals surface area contributed by atoms with Crippen molar-refractivity contribution in [1.82, 2.24) is 4.98 Å². The topological polar surface area (TPSA) is 55.1 Å². The Labute approximate surface area is 123 Å². The van der Waals surface area contributed by atoms with Gasteiger partial charge in [-0.3, -0.25) is 10.1 Å². The summed E-state index contributed by atoms with van der Waals surface area (Å²) in [5.74, 6) is 0.732. The van der Waals surface area contributed by atoms with Crippen LogP contribution in [0.4, 0.5) is 5.13 Å². The Morgan fingerprint density at radius 1 is 1.58 bits per heavy atom. The summed E-state index contributed by atoms with van der Waals surface area (Å²) in [7, 11) is 0. The smallest absolute Gasteiger partial charge is 0.293 e. The van der Waals surface area contributed by atoms with Gasteiger partial charge in [-0.2, -0.15) is 0 Å². The quantitative estimate of drug-likeness (QED) is 0.902. The van der Waals surface area contributed by atoms with Crippen LogP contribution in [0.3, 0.4) is 0 Å². The molecular weight excluding hydrogens is 328 g/mol. The zero-order chi connectivity index (χ0) is 13.4. The van der Waals surface area contributed by atoms with E-state index in [9.17, 15) is 4.79 Å². The summed E-state index contributed by atoms with van der Waals surface area (Å²) in [5, 5.41) is 3.46. The average molecular weight is 341 g/mol. The van der Waals surface area contributed by atoms with Gasteiger partial charge in [-0.1, -0.05) is 6.92 Å². The first-order chi connectivity index (χ1) is 9.11. The lowest BCUT2D eigenvalue weighted by atomic mass is 9.93. The van der Waals surface area contributed by atoms with Gasteiger partial charge in [-0.05, 0) is 53.2 Å². The molecule has 19 heavy (non-hydrogen) atoms. The monoisotopic (exact) mass is 340 g/mol. The number of hydrogen-bond acceptors (Lipinski definition) is 4. The lowest BCUT2D eigenvalue weighted by Gasteiger charge is -2.15. The van der Waals surface area contributed by atoms with E-state index in [1.54, 1.807) is 23.5 Å². The second-order valence-corrected chi connectivity index (χ2v) is 6.66. The maximum absolute atomic E-state index is 11.9. The van der Waals surface area contributed by atoms with Crippen molar-refractivity contribution in [2.24, 2.45) is 5.92 Å². The van der Waals surface area contributed by atoms with E-state index >= 15 is 0 Å². The maximum atomic E-state index is 11.9. The van der Waals surface area contributed by atoms with Gasteiger partial charge in [-0.15, -0.1) is 11.3 Å². The summed E-state index contributed by atoms with van der Waals surface area (Å²) in [6.45, 7) is 2.25. The van der Waals surface area contributed by atoms with Crippen LogP contribution >= 0.6 is 27.3 Å². The standard InChI is InChI=1S/C13H13BrN2O2S/c1-7-2-3-8-10(6-7)19-13(15-8)16-12(17)9-4-5-11(14)18-9/h4-5,7H,2-3,6H2,1H3,(H,15,16,17)/t7-/m1/s1. The summed E-state index contributed by atoms with van der Waals surface area (Å²) in [6, 6.07) is 3.33. The van der Waals surface area contributed by atoms with Crippen LogP contribution in [0.15, 0.2) is 21.2 Å². The first-order valence-electron chi connectivity index (χ1n) is 6.17.